The number of ether oxygens (including phenoxy) is 1. The third-order valence-corrected chi connectivity index (χ3v) is 26.1. The molecule has 0 bridgehead atoms. The molecule has 111 heavy (non-hydrogen) atoms. The Morgan fingerprint density at radius 3 is 0.856 bits per heavy atom. The quantitative estimate of drug-likeness (QED) is 0.0887. The van der Waals surface area contributed by atoms with E-state index < -0.39 is 0 Å². The average Bonchev–Trinajstić information content (AvgIpc) is 1.64. The van der Waals surface area contributed by atoms with Gasteiger partial charge in [0.1, 0.15) is 34.5 Å². The van der Waals surface area contributed by atoms with E-state index in [1.54, 1.807) is 7.11 Å². The highest BCUT2D eigenvalue weighted by Crippen LogP contribution is 2.56. The highest BCUT2D eigenvalue weighted by atomic mass is 35.5. The molecule has 0 saturated heterocycles. The summed E-state index contributed by atoms with van der Waals surface area (Å²) in [4.78, 5) is 11.8. The molecule has 5 aliphatic rings. The molecule has 0 spiro atoms. The van der Waals surface area contributed by atoms with Crippen molar-refractivity contribution in [2.75, 3.05) is 64.3 Å². The van der Waals surface area contributed by atoms with Crippen molar-refractivity contribution in [3.63, 3.8) is 0 Å². The van der Waals surface area contributed by atoms with E-state index in [9.17, 15) is 25.5 Å². The van der Waals surface area contributed by atoms with Gasteiger partial charge in [0.2, 0.25) is 0 Å². The first kappa shape index (κ1) is 84.7. The van der Waals surface area contributed by atoms with E-state index >= 15 is 0 Å². The number of aromatic hydroxyl groups is 5. The maximum Gasteiger partial charge on any atom is 0.127 e. The van der Waals surface area contributed by atoms with Gasteiger partial charge in [-0.3, -0.25) is 0 Å². The largest absolute Gasteiger partial charge is 0.507 e. The molecule has 5 heterocycles. The molecular weight excluding hydrogens is 1480 g/mol. The number of phenols is 5. The van der Waals surface area contributed by atoms with Crippen molar-refractivity contribution in [2.24, 2.45) is 0 Å². The third-order valence-electron chi connectivity index (χ3n) is 23.7. The highest BCUT2D eigenvalue weighted by Gasteiger charge is 2.45. The van der Waals surface area contributed by atoms with Crippen molar-refractivity contribution in [3.8, 4) is 34.5 Å². The minimum Gasteiger partial charge on any atom is -0.507 e. The number of nitrogens with zero attached hydrogens (tertiary/aromatic N) is 5. The number of anilines is 5. The fraction of sp³-hybridized carbons (Fsp3) is 0.474. The summed E-state index contributed by atoms with van der Waals surface area (Å²) in [6.07, 6.45) is 2.79. The van der Waals surface area contributed by atoms with Crippen LogP contribution in [0.5, 0.6) is 34.5 Å². The van der Waals surface area contributed by atoms with Crippen LogP contribution in [0.25, 0.3) is 53.9 Å². The van der Waals surface area contributed by atoms with Gasteiger partial charge in [-0.1, -0.05) is 124 Å². The van der Waals surface area contributed by atoms with E-state index in [0.29, 0.717) is 40.6 Å². The van der Waals surface area contributed by atoms with Gasteiger partial charge >= 0.3 is 0 Å². The summed E-state index contributed by atoms with van der Waals surface area (Å²) in [6, 6.07) is 45.7. The van der Waals surface area contributed by atoms with Gasteiger partial charge in [0.15, 0.2) is 0 Å². The normalized spacial score (nSPS) is 19.4. The fourth-order valence-electron chi connectivity index (χ4n) is 18.0. The van der Waals surface area contributed by atoms with Gasteiger partial charge in [-0.05, 0) is 205 Å². The number of phenolic OH excluding ortho intramolecular Hbond substituents is 5. The summed E-state index contributed by atoms with van der Waals surface area (Å²) in [5, 5.41) is 62.8. The van der Waals surface area contributed by atoms with Gasteiger partial charge in [0.25, 0.3) is 0 Å². The van der Waals surface area contributed by atoms with Crippen LogP contribution < -0.4 is 29.2 Å². The van der Waals surface area contributed by atoms with Crippen LogP contribution in [0, 0.1) is 6.92 Å². The first-order valence-electron chi connectivity index (χ1n) is 39.9. The van der Waals surface area contributed by atoms with Gasteiger partial charge in [-0.25, -0.2) is 0 Å². The summed E-state index contributed by atoms with van der Waals surface area (Å²) in [7, 11) is 1.68. The van der Waals surface area contributed by atoms with Crippen molar-refractivity contribution < 1.29 is 30.3 Å². The monoisotopic (exact) mass is 1600 g/mol. The zero-order valence-corrected chi connectivity index (χ0v) is 73.3. The van der Waals surface area contributed by atoms with Crippen LogP contribution in [-0.4, -0.2) is 120 Å². The second-order valence-corrected chi connectivity index (χ2v) is 39.3. The predicted molar refractivity (Wildman–Crippen MR) is 479 cm³/mol. The van der Waals surface area contributed by atoms with E-state index in [1.807, 2.05) is 115 Å². The van der Waals surface area contributed by atoms with Crippen molar-refractivity contribution in [3.05, 3.63) is 173 Å². The standard InChI is InChI=1S/C20H26ClNO2.C20H26ClNO.C19H24ClNO.2C18H22ClNO/c1-6-14(21)13-11-22(20(2,3)4)15-10-16(23)12-8-7-9-17(24-5)19(12)18(13)15;1-6-15(21)14-11-22(20(3,4)5)16-10-17(23)13-9-7-8-12(2)18(13)19(14)16;1-5-15(20)14-11-21(19(2,3)4)16-10-17(22)12-8-6-7-9-13(12)18(14)16;2*1-11(19)14-10-20(18(2,3)4)15-9-16(21)12-7-5-6-8-13(12)17(14)15/h7-10,13-14,23H,6,11H2,1-5H3;7-10,14-15,23H,6,11H2,1-5H3;6-10,14-15,22H,5,11H2,1-4H3;2*5-9,11,14,21H,10H2,1-4H3/t13-,14+;2*14-,15+;2*11-,14+/m00011/s1. The lowest BCUT2D eigenvalue weighted by Crippen LogP contribution is -2.41. The Balaban J connectivity index is 0.000000138. The Labute approximate surface area is 686 Å². The molecule has 10 aromatic carbocycles. The molecule has 596 valence electrons. The second-order valence-electron chi connectivity index (χ2n) is 36.2. The lowest BCUT2D eigenvalue weighted by Gasteiger charge is -2.35. The number of hydrogen-bond acceptors (Lipinski definition) is 11. The number of aryl methyl sites for hydroxylation is 1. The van der Waals surface area contributed by atoms with Crippen LogP contribution in [0.1, 0.15) is 221 Å². The van der Waals surface area contributed by atoms with Crippen molar-refractivity contribution in [2.45, 2.75) is 249 Å². The SMILES string of the molecule is CC[C@@H](Cl)[C@@H]1CN(C(C)(C)C)c2cc(O)c3cccc(C)c3c21.CC[C@@H](Cl)[C@@H]1CN(C(C)(C)C)c2cc(O)c3cccc(OC)c3c21.CC[C@@H](Cl)[C@@H]1CN(C(C)(C)C)c2cc(O)c3ccccc3c21.C[C@@H](Cl)[C@@H]1CN(C(C)(C)C)c2cc(O)c3ccccc3c21.C[C@@H](Cl)[C@@H]1CN(C(C)(C)C)c2cc(O)c3ccccc3c21. The molecule has 0 amide bonds. The average molecular weight is 1610 g/mol. The van der Waals surface area contributed by atoms with Crippen molar-refractivity contribution in [1.82, 2.24) is 0 Å². The zero-order valence-electron chi connectivity index (χ0n) is 69.5. The Bertz CT molecular complexity index is 4930. The predicted octanol–water partition coefficient (Wildman–Crippen LogP) is 25.9. The summed E-state index contributed by atoms with van der Waals surface area (Å²) < 4.78 is 5.62. The van der Waals surface area contributed by atoms with Crippen LogP contribution in [0.15, 0.2) is 140 Å². The maximum absolute atomic E-state index is 10.6. The summed E-state index contributed by atoms with van der Waals surface area (Å²) in [5.41, 5.74) is 13.1. The van der Waals surface area contributed by atoms with Gasteiger partial charge < -0.3 is 54.8 Å². The Morgan fingerprint density at radius 1 is 0.333 bits per heavy atom. The zero-order chi connectivity index (χ0) is 81.4. The highest BCUT2D eigenvalue weighted by molar-refractivity contribution is 6.23. The first-order valence-corrected chi connectivity index (χ1v) is 42.1. The van der Waals surface area contributed by atoms with Crippen molar-refractivity contribution >= 4 is 140 Å². The number of hydrogen-bond donors (Lipinski definition) is 5. The Kier molecular flexibility index (Phi) is 24.8. The van der Waals surface area contributed by atoms with Crippen molar-refractivity contribution in [1.29, 1.82) is 0 Å². The number of rotatable bonds is 9. The molecule has 15 rings (SSSR count). The van der Waals surface area contributed by atoms with Gasteiger partial charge in [-0.15, -0.1) is 58.0 Å². The fourth-order valence-corrected chi connectivity index (χ4v) is 19.0. The van der Waals surface area contributed by atoms with E-state index in [1.165, 1.54) is 38.8 Å². The number of halogens is 5. The van der Waals surface area contributed by atoms with Crippen LogP contribution >= 0.6 is 58.0 Å². The van der Waals surface area contributed by atoms with Crippen LogP contribution in [0.2, 0.25) is 0 Å². The Hall–Kier alpha value is -7.25. The number of benzene rings is 10. The molecule has 0 unspecified atom stereocenters. The number of fused-ring (bicyclic) bond motifs is 15. The van der Waals surface area contributed by atoms with Crippen LogP contribution in [-0.2, 0) is 0 Å². The molecule has 5 N–H and O–H groups in total. The lowest BCUT2D eigenvalue weighted by atomic mass is 9.89. The molecule has 0 saturated carbocycles. The smallest absolute Gasteiger partial charge is 0.127 e. The number of alkyl halides is 5. The number of methoxy groups -OCH3 is 1. The minimum atomic E-state index is -0.0457. The first-order chi connectivity index (χ1) is 52.0. The summed E-state index contributed by atoms with van der Waals surface area (Å²) in [5.74, 6) is 3.87. The van der Waals surface area contributed by atoms with E-state index in [4.69, 9.17) is 62.7 Å². The van der Waals surface area contributed by atoms with E-state index in [2.05, 4.69) is 194 Å². The minimum absolute atomic E-state index is 0.00273. The molecule has 10 atom stereocenters. The third kappa shape index (κ3) is 16.5. The van der Waals surface area contributed by atoms with Crippen LogP contribution in [0.3, 0.4) is 0 Å². The summed E-state index contributed by atoms with van der Waals surface area (Å²) in [6.45, 7) is 50.2. The van der Waals surface area contributed by atoms with E-state index in [-0.39, 0.29) is 72.3 Å². The second kappa shape index (κ2) is 32.6. The lowest BCUT2D eigenvalue weighted by molar-refractivity contribution is 0.419. The van der Waals surface area contributed by atoms with Gasteiger partial charge in [-0.2, -0.15) is 0 Å². The molecule has 16 heteroatoms. The Morgan fingerprint density at radius 2 is 0.568 bits per heavy atom. The van der Waals surface area contributed by atoms with Crippen LogP contribution in [0.4, 0.5) is 28.4 Å². The van der Waals surface area contributed by atoms with E-state index in [0.717, 1.165) is 135 Å². The molecule has 0 radical (unpaired) electrons. The van der Waals surface area contributed by atoms with Gasteiger partial charge in [0.05, 0.1) is 7.11 Å². The molecular formula is C95H120Cl5N5O6. The molecule has 0 aromatic heterocycles. The van der Waals surface area contributed by atoms with Gasteiger partial charge in [0, 0.05) is 208 Å². The molecule has 0 fully saturated rings. The molecule has 0 aliphatic carbocycles. The topological polar surface area (TPSA) is 127 Å². The molecule has 5 aliphatic heterocycles. The maximum atomic E-state index is 10.6. The molecule has 10 aromatic rings. The summed E-state index contributed by atoms with van der Waals surface area (Å²) >= 11 is 33.1. The molecule has 11 nitrogen and oxygen atoms in total.